The SMILES string of the molecule is COC(=O)C1=C(C(=O)O)N2C(=O)[C@@H](NC(=O)Cc3ccccc3)[C@H]2CO1. The molecular formula is C17H16N2O7. The number of hydrogen-bond donors (Lipinski definition) is 2. The molecule has 0 aliphatic carbocycles. The van der Waals surface area contributed by atoms with Crippen molar-refractivity contribution in [1.29, 1.82) is 0 Å². The Bertz CT molecular complexity index is 803. The number of rotatable bonds is 5. The number of β-lactam (4-membered cyclic amide) rings is 1. The molecule has 0 unspecified atom stereocenters. The predicted molar refractivity (Wildman–Crippen MR) is 85.3 cm³/mol. The average Bonchev–Trinajstić information content (AvgIpc) is 2.64. The molecule has 1 fully saturated rings. The minimum atomic E-state index is -1.49. The van der Waals surface area contributed by atoms with Gasteiger partial charge in [0.05, 0.1) is 13.5 Å². The van der Waals surface area contributed by atoms with Gasteiger partial charge in [-0.3, -0.25) is 14.5 Å². The van der Waals surface area contributed by atoms with Crippen LogP contribution < -0.4 is 5.32 Å². The van der Waals surface area contributed by atoms with E-state index in [-0.39, 0.29) is 18.9 Å². The van der Waals surface area contributed by atoms with Crippen LogP contribution in [0.2, 0.25) is 0 Å². The molecule has 0 aromatic heterocycles. The summed E-state index contributed by atoms with van der Waals surface area (Å²) >= 11 is 0. The van der Waals surface area contributed by atoms with E-state index in [4.69, 9.17) is 4.74 Å². The van der Waals surface area contributed by atoms with Crippen molar-refractivity contribution in [2.24, 2.45) is 0 Å². The van der Waals surface area contributed by atoms with Crippen LogP contribution in [0.3, 0.4) is 0 Å². The summed E-state index contributed by atoms with van der Waals surface area (Å²) in [5, 5.41) is 11.9. The third-order valence-corrected chi connectivity index (χ3v) is 4.17. The number of amides is 2. The summed E-state index contributed by atoms with van der Waals surface area (Å²) < 4.78 is 9.67. The Labute approximate surface area is 148 Å². The smallest absolute Gasteiger partial charge is 0.375 e. The molecule has 1 aromatic carbocycles. The highest BCUT2D eigenvalue weighted by atomic mass is 16.6. The normalized spacial score (nSPS) is 21.3. The molecule has 136 valence electrons. The zero-order valence-corrected chi connectivity index (χ0v) is 13.8. The summed E-state index contributed by atoms with van der Waals surface area (Å²) in [6.07, 6.45) is 0.0905. The average molecular weight is 360 g/mol. The Kier molecular flexibility index (Phi) is 4.61. The lowest BCUT2D eigenvalue weighted by Gasteiger charge is -2.49. The van der Waals surface area contributed by atoms with Gasteiger partial charge in [0, 0.05) is 0 Å². The molecule has 0 spiro atoms. The molecule has 1 aromatic rings. The van der Waals surface area contributed by atoms with Gasteiger partial charge in [-0.1, -0.05) is 30.3 Å². The summed E-state index contributed by atoms with van der Waals surface area (Å²) in [4.78, 5) is 48.6. The Morgan fingerprint density at radius 2 is 2.00 bits per heavy atom. The van der Waals surface area contributed by atoms with Gasteiger partial charge >= 0.3 is 11.9 Å². The van der Waals surface area contributed by atoms with Gasteiger partial charge in [-0.15, -0.1) is 0 Å². The first-order valence-corrected chi connectivity index (χ1v) is 7.79. The fourth-order valence-electron chi connectivity index (χ4n) is 2.95. The molecule has 2 heterocycles. The number of carboxylic acid groups (broad SMARTS) is 1. The Morgan fingerprint density at radius 1 is 1.31 bits per heavy atom. The Morgan fingerprint density at radius 3 is 2.62 bits per heavy atom. The van der Waals surface area contributed by atoms with Gasteiger partial charge < -0.3 is 19.9 Å². The van der Waals surface area contributed by atoms with E-state index in [9.17, 15) is 24.3 Å². The van der Waals surface area contributed by atoms with Crippen LogP contribution in [-0.2, 0) is 35.1 Å². The first kappa shape index (κ1) is 17.5. The van der Waals surface area contributed by atoms with E-state index in [1.807, 2.05) is 6.07 Å². The number of nitrogens with one attached hydrogen (secondary N) is 1. The van der Waals surface area contributed by atoms with Crippen LogP contribution in [0.15, 0.2) is 41.8 Å². The van der Waals surface area contributed by atoms with E-state index in [0.717, 1.165) is 17.6 Å². The second-order valence-electron chi connectivity index (χ2n) is 5.77. The van der Waals surface area contributed by atoms with Gasteiger partial charge in [0.25, 0.3) is 5.91 Å². The molecule has 0 bridgehead atoms. The molecule has 0 saturated carbocycles. The number of esters is 1. The van der Waals surface area contributed by atoms with Crippen molar-refractivity contribution in [1.82, 2.24) is 10.2 Å². The molecule has 9 nitrogen and oxygen atoms in total. The summed E-state index contributed by atoms with van der Waals surface area (Å²) in [6, 6.07) is 7.39. The maximum Gasteiger partial charge on any atom is 0.375 e. The number of carboxylic acids is 1. The van der Waals surface area contributed by atoms with E-state index in [0.29, 0.717) is 0 Å². The van der Waals surface area contributed by atoms with Gasteiger partial charge in [-0.05, 0) is 5.56 Å². The van der Waals surface area contributed by atoms with Crippen molar-refractivity contribution in [3.05, 3.63) is 47.4 Å². The van der Waals surface area contributed by atoms with Crippen LogP contribution in [0.1, 0.15) is 5.56 Å². The molecule has 1 saturated heterocycles. The molecule has 0 radical (unpaired) electrons. The number of fused-ring (bicyclic) bond motifs is 1. The highest BCUT2D eigenvalue weighted by Gasteiger charge is 2.55. The molecule has 2 aliphatic heterocycles. The van der Waals surface area contributed by atoms with Gasteiger partial charge in [0.15, 0.2) is 5.70 Å². The van der Waals surface area contributed by atoms with Gasteiger partial charge in [-0.25, -0.2) is 9.59 Å². The van der Waals surface area contributed by atoms with Crippen molar-refractivity contribution < 1.29 is 33.8 Å². The standard InChI is InChI=1S/C17H16N2O7/c1-25-17(24)14-13(16(22)23)19-10(8-26-14)12(15(19)21)18-11(20)7-9-5-3-2-4-6-9/h2-6,10,12H,7-8H2,1H3,(H,18,20)(H,22,23)/t10-,12+/m1/s1. The summed E-state index contributed by atoms with van der Waals surface area (Å²) in [5.41, 5.74) is 0.208. The molecule has 2 atom stereocenters. The minimum Gasteiger partial charge on any atom is -0.483 e. The highest BCUT2D eigenvalue weighted by Crippen LogP contribution is 2.33. The number of benzene rings is 1. The van der Waals surface area contributed by atoms with Gasteiger partial charge in [0.2, 0.25) is 11.7 Å². The van der Waals surface area contributed by atoms with Crippen LogP contribution in [0.25, 0.3) is 0 Å². The predicted octanol–water partition coefficient (Wildman–Crippen LogP) is -0.576. The lowest BCUT2D eigenvalue weighted by atomic mass is 9.92. The van der Waals surface area contributed by atoms with Crippen LogP contribution in [0, 0.1) is 0 Å². The number of ether oxygens (including phenoxy) is 2. The molecule has 2 amide bonds. The van der Waals surface area contributed by atoms with Gasteiger partial charge in [0.1, 0.15) is 18.7 Å². The zero-order valence-electron chi connectivity index (χ0n) is 13.8. The largest absolute Gasteiger partial charge is 0.483 e. The maximum atomic E-state index is 12.4. The van der Waals surface area contributed by atoms with Crippen LogP contribution in [0.4, 0.5) is 0 Å². The fraction of sp³-hybridized carbons (Fsp3) is 0.294. The maximum absolute atomic E-state index is 12.4. The number of nitrogens with zero attached hydrogens (tertiary/aromatic N) is 1. The Hall–Kier alpha value is -3.36. The Balaban J connectivity index is 1.73. The zero-order chi connectivity index (χ0) is 18.8. The van der Waals surface area contributed by atoms with E-state index >= 15 is 0 Å². The van der Waals surface area contributed by atoms with Crippen molar-refractivity contribution in [2.75, 3.05) is 13.7 Å². The molecular weight excluding hydrogens is 344 g/mol. The van der Waals surface area contributed by atoms with E-state index in [2.05, 4.69) is 10.1 Å². The van der Waals surface area contributed by atoms with Crippen molar-refractivity contribution in [3.63, 3.8) is 0 Å². The minimum absolute atomic E-state index is 0.0905. The third kappa shape index (κ3) is 2.99. The van der Waals surface area contributed by atoms with E-state index in [1.165, 1.54) is 0 Å². The quantitative estimate of drug-likeness (QED) is 0.532. The van der Waals surface area contributed by atoms with Crippen molar-refractivity contribution in [2.45, 2.75) is 18.5 Å². The first-order valence-electron chi connectivity index (χ1n) is 7.79. The van der Waals surface area contributed by atoms with Crippen LogP contribution in [-0.4, -0.2) is 59.6 Å². The van der Waals surface area contributed by atoms with Gasteiger partial charge in [-0.2, -0.15) is 0 Å². The fourth-order valence-corrected chi connectivity index (χ4v) is 2.95. The number of carbonyl (C=O) groups excluding carboxylic acids is 3. The van der Waals surface area contributed by atoms with E-state index in [1.54, 1.807) is 24.3 Å². The second-order valence-corrected chi connectivity index (χ2v) is 5.77. The lowest BCUT2D eigenvalue weighted by molar-refractivity contribution is -0.163. The summed E-state index contributed by atoms with van der Waals surface area (Å²) in [7, 11) is 1.08. The van der Waals surface area contributed by atoms with E-state index < -0.39 is 41.4 Å². The second kappa shape index (κ2) is 6.87. The monoisotopic (exact) mass is 360 g/mol. The number of hydrogen-bond acceptors (Lipinski definition) is 6. The van der Waals surface area contributed by atoms with Crippen molar-refractivity contribution in [3.8, 4) is 0 Å². The first-order chi connectivity index (χ1) is 12.4. The van der Waals surface area contributed by atoms with Crippen LogP contribution in [0.5, 0.6) is 0 Å². The molecule has 2 N–H and O–H groups in total. The molecule has 3 rings (SSSR count). The molecule has 2 aliphatic rings. The molecule has 26 heavy (non-hydrogen) atoms. The number of carbonyl (C=O) groups is 4. The van der Waals surface area contributed by atoms with Crippen molar-refractivity contribution >= 4 is 23.8 Å². The number of methoxy groups -OCH3 is 1. The summed E-state index contributed by atoms with van der Waals surface area (Å²) in [6.45, 7) is -0.122. The topological polar surface area (TPSA) is 122 Å². The lowest BCUT2D eigenvalue weighted by Crippen LogP contribution is -2.73. The van der Waals surface area contributed by atoms with Crippen LogP contribution >= 0.6 is 0 Å². The molecule has 9 heteroatoms. The third-order valence-electron chi connectivity index (χ3n) is 4.17. The summed E-state index contributed by atoms with van der Waals surface area (Å²) in [5.74, 6) is -3.98. The highest BCUT2D eigenvalue weighted by molar-refractivity contribution is 6.05. The number of aliphatic carboxylic acids is 1.